The minimum atomic E-state index is 0.993. The molecule has 0 spiro atoms. The van der Waals surface area contributed by atoms with Crippen molar-refractivity contribution in [1.82, 2.24) is 9.38 Å². The molecule has 0 N–H and O–H groups in total. The zero-order valence-electron chi connectivity index (χ0n) is 7.57. The summed E-state index contributed by atoms with van der Waals surface area (Å²) in [4.78, 5) is 4.29. The molecule has 0 atom stereocenters. The minimum absolute atomic E-state index is 0.993. The number of aryl methyl sites for hydroxylation is 2. The van der Waals surface area contributed by atoms with Gasteiger partial charge in [0, 0.05) is 6.07 Å². The molecule has 12 heavy (non-hydrogen) atoms. The first kappa shape index (κ1) is 7.28. The molecule has 2 aromatic rings. The van der Waals surface area contributed by atoms with Crippen LogP contribution in [0.15, 0.2) is 18.5 Å². The Hall–Kier alpha value is -1.38. The van der Waals surface area contributed by atoms with Gasteiger partial charge in [-0.15, -0.1) is 0 Å². The molecule has 0 bridgehead atoms. The first-order valence-electron chi connectivity index (χ1n) is 4.00. The van der Waals surface area contributed by atoms with Crippen molar-refractivity contribution in [3.05, 3.63) is 29.8 Å². The van der Waals surface area contributed by atoms with Crippen molar-refractivity contribution >= 4 is 5.78 Å². The maximum atomic E-state index is 4.29. The number of hydrogen-bond acceptors (Lipinski definition) is 1. The summed E-state index contributed by atoms with van der Waals surface area (Å²) in [5.41, 5.74) is 2.51. The van der Waals surface area contributed by atoms with Gasteiger partial charge in [0.25, 0.3) is 0 Å². The number of nitrogens with zero attached hydrogens (tertiary/aromatic N) is 3. The molecule has 0 aliphatic rings. The molecule has 3 heteroatoms. The van der Waals surface area contributed by atoms with E-state index < -0.39 is 0 Å². The lowest BCUT2D eigenvalue weighted by atomic mass is 10.4. The fourth-order valence-electron chi connectivity index (χ4n) is 1.44. The number of fused-ring (bicyclic) bond motifs is 1. The zero-order chi connectivity index (χ0) is 8.72. The summed E-state index contributed by atoms with van der Waals surface area (Å²) in [6, 6.07) is 1.94. The van der Waals surface area contributed by atoms with Crippen LogP contribution in [0.2, 0.25) is 0 Å². The summed E-state index contributed by atoms with van der Waals surface area (Å²) in [6.45, 7) is 4.20. The Morgan fingerprint density at radius 2 is 2.17 bits per heavy atom. The predicted octanol–water partition coefficient (Wildman–Crippen LogP) is 0.776. The molecule has 0 aliphatic carbocycles. The number of rotatable bonds is 0. The van der Waals surface area contributed by atoms with Crippen LogP contribution in [0, 0.1) is 13.8 Å². The first-order chi connectivity index (χ1) is 5.72. The standard InChI is InChI=1S/C9H12N3/c1-7-8(2)12-6-4-5-10-9(12)11(7)3/h4-6H,1-3H3/q+1. The van der Waals surface area contributed by atoms with Crippen LogP contribution in [0.3, 0.4) is 0 Å². The van der Waals surface area contributed by atoms with Gasteiger partial charge in [-0.25, -0.2) is 8.97 Å². The lowest BCUT2D eigenvalue weighted by molar-refractivity contribution is -0.652. The van der Waals surface area contributed by atoms with E-state index in [-0.39, 0.29) is 0 Å². The van der Waals surface area contributed by atoms with Crippen LogP contribution in [0.1, 0.15) is 11.4 Å². The van der Waals surface area contributed by atoms with Crippen LogP contribution in [0.4, 0.5) is 0 Å². The van der Waals surface area contributed by atoms with Gasteiger partial charge in [-0.1, -0.05) is 4.98 Å². The van der Waals surface area contributed by atoms with E-state index >= 15 is 0 Å². The molecule has 0 saturated carbocycles. The average molecular weight is 162 g/mol. The molecule has 2 rings (SSSR count). The SMILES string of the molecule is Cc1c(C)[n+](C)c2ncccn12. The van der Waals surface area contributed by atoms with Crippen molar-refractivity contribution in [3.8, 4) is 0 Å². The quantitative estimate of drug-likeness (QED) is 0.524. The number of aromatic nitrogens is 3. The third-order valence-electron chi connectivity index (χ3n) is 2.41. The summed E-state index contributed by atoms with van der Waals surface area (Å²) in [7, 11) is 2.03. The van der Waals surface area contributed by atoms with E-state index in [2.05, 4.69) is 27.8 Å². The van der Waals surface area contributed by atoms with Gasteiger partial charge in [-0.3, -0.25) is 0 Å². The molecule has 0 radical (unpaired) electrons. The average Bonchev–Trinajstić information content (AvgIpc) is 2.33. The summed E-state index contributed by atoms with van der Waals surface area (Å²) >= 11 is 0. The van der Waals surface area contributed by atoms with Crippen molar-refractivity contribution in [2.75, 3.05) is 0 Å². The van der Waals surface area contributed by atoms with Crippen molar-refractivity contribution in [3.63, 3.8) is 0 Å². The van der Waals surface area contributed by atoms with Gasteiger partial charge < -0.3 is 0 Å². The monoisotopic (exact) mass is 162 g/mol. The summed E-state index contributed by atoms with van der Waals surface area (Å²) in [5, 5.41) is 0. The minimum Gasteiger partial charge on any atom is -0.232 e. The molecule has 3 nitrogen and oxygen atoms in total. The molecule has 0 aliphatic heterocycles. The maximum Gasteiger partial charge on any atom is 0.403 e. The fourth-order valence-corrected chi connectivity index (χ4v) is 1.44. The van der Waals surface area contributed by atoms with Gasteiger partial charge in [0.1, 0.15) is 17.6 Å². The number of imidazole rings is 1. The summed E-state index contributed by atoms with van der Waals surface area (Å²) < 4.78 is 4.19. The summed E-state index contributed by atoms with van der Waals surface area (Å²) in [6.07, 6.45) is 3.85. The van der Waals surface area contributed by atoms with Crippen molar-refractivity contribution in [2.45, 2.75) is 13.8 Å². The van der Waals surface area contributed by atoms with E-state index in [1.54, 1.807) is 0 Å². The van der Waals surface area contributed by atoms with Crippen LogP contribution in [0.25, 0.3) is 5.78 Å². The highest BCUT2D eigenvalue weighted by atomic mass is 15.2. The van der Waals surface area contributed by atoms with Crippen LogP contribution in [-0.4, -0.2) is 9.38 Å². The van der Waals surface area contributed by atoms with Crippen molar-refractivity contribution in [2.24, 2.45) is 7.05 Å². The van der Waals surface area contributed by atoms with Crippen LogP contribution < -0.4 is 4.57 Å². The Morgan fingerprint density at radius 3 is 2.83 bits per heavy atom. The second-order valence-corrected chi connectivity index (χ2v) is 3.02. The Balaban J connectivity index is 2.99. The van der Waals surface area contributed by atoms with E-state index in [9.17, 15) is 0 Å². The normalized spacial score (nSPS) is 10.9. The smallest absolute Gasteiger partial charge is 0.232 e. The van der Waals surface area contributed by atoms with E-state index in [0.717, 1.165) is 5.78 Å². The van der Waals surface area contributed by atoms with Crippen molar-refractivity contribution < 1.29 is 4.57 Å². The zero-order valence-corrected chi connectivity index (χ0v) is 7.57. The molecule has 2 aromatic heterocycles. The largest absolute Gasteiger partial charge is 0.403 e. The predicted molar refractivity (Wildman–Crippen MR) is 45.8 cm³/mol. The summed E-state index contributed by atoms with van der Waals surface area (Å²) in [5.74, 6) is 0.993. The topological polar surface area (TPSA) is 21.2 Å². The molecule has 62 valence electrons. The molecule has 2 heterocycles. The van der Waals surface area contributed by atoms with Crippen LogP contribution in [0.5, 0.6) is 0 Å². The Morgan fingerprint density at radius 1 is 1.42 bits per heavy atom. The van der Waals surface area contributed by atoms with Crippen molar-refractivity contribution in [1.29, 1.82) is 0 Å². The van der Waals surface area contributed by atoms with Gasteiger partial charge in [0.2, 0.25) is 0 Å². The molecule has 0 unspecified atom stereocenters. The van der Waals surface area contributed by atoms with Gasteiger partial charge in [-0.2, -0.15) is 0 Å². The molecule has 0 fully saturated rings. The van der Waals surface area contributed by atoms with E-state index in [1.807, 2.05) is 25.5 Å². The van der Waals surface area contributed by atoms with E-state index in [4.69, 9.17) is 0 Å². The van der Waals surface area contributed by atoms with Crippen LogP contribution in [-0.2, 0) is 7.05 Å². The van der Waals surface area contributed by atoms with Gasteiger partial charge in [0.15, 0.2) is 0 Å². The molecular formula is C9H12N3+. The maximum absolute atomic E-state index is 4.29. The lowest BCUT2D eigenvalue weighted by Crippen LogP contribution is -2.30. The molecule has 0 saturated heterocycles. The molecule has 0 aromatic carbocycles. The molecule has 0 amide bonds. The van der Waals surface area contributed by atoms with Crippen LogP contribution >= 0.6 is 0 Å². The third kappa shape index (κ3) is 0.763. The Labute approximate surface area is 71.3 Å². The van der Waals surface area contributed by atoms with Gasteiger partial charge in [-0.05, 0) is 13.8 Å². The molecular weight excluding hydrogens is 150 g/mol. The highest BCUT2D eigenvalue weighted by Gasteiger charge is 2.14. The third-order valence-corrected chi connectivity index (χ3v) is 2.41. The second kappa shape index (κ2) is 2.30. The van der Waals surface area contributed by atoms with E-state index in [0.29, 0.717) is 0 Å². The highest BCUT2D eigenvalue weighted by molar-refractivity contribution is 5.25. The van der Waals surface area contributed by atoms with Gasteiger partial charge in [0.05, 0.1) is 13.2 Å². The second-order valence-electron chi connectivity index (χ2n) is 3.02. The highest BCUT2D eigenvalue weighted by Crippen LogP contribution is 2.04. The lowest BCUT2D eigenvalue weighted by Gasteiger charge is -1.84. The number of hydrogen-bond donors (Lipinski definition) is 0. The van der Waals surface area contributed by atoms with Gasteiger partial charge >= 0.3 is 5.78 Å². The Bertz CT molecular complexity index is 390. The Kier molecular flexibility index (Phi) is 1.40. The van der Waals surface area contributed by atoms with E-state index in [1.165, 1.54) is 11.4 Å². The fraction of sp³-hybridized carbons (Fsp3) is 0.333. The first-order valence-corrected chi connectivity index (χ1v) is 4.00.